The molecule has 0 aromatic carbocycles. The molecule has 0 unspecified atom stereocenters. The van der Waals surface area contributed by atoms with E-state index in [1.54, 1.807) is 0 Å². The molecule has 5 aliphatic carbocycles. The summed E-state index contributed by atoms with van der Waals surface area (Å²) in [6, 6.07) is 0. The Balaban J connectivity index is 1.07. The highest BCUT2D eigenvalue weighted by Gasteiger charge is 2.69. The van der Waals surface area contributed by atoms with Crippen LogP contribution < -0.4 is 10.6 Å². The van der Waals surface area contributed by atoms with Gasteiger partial charge in [0.15, 0.2) is 0 Å². The molecular formula is C51H80N2O4. The van der Waals surface area contributed by atoms with Crippen molar-refractivity contribution in [3.63, 3.8) is 0 Å². The van der Waals surface area contributed by atoms with Crippen LogP contribution in [0.25, 0.3) is 0 Å². The summed E-state index contributed by atoms with van der Waals surface area (Å²) in [4.78, 5) is 27.0. The molecule has 0 saturated heterocycles. The first-order valence-corrected chi connectivity index (χ1v) is 23.1. The molecule has 57 heavy (non-hydrogen) atoms. The predicted octanol–water partition coefficient (Wildman–Crippen LogP) is 10.9. The predicted molar refractivity (Wildman–Crippen MR) is 236 cm³/mol. The van der Waals surface area contributed by atoms with Crippen molar-refractivity contribution in [2.75, 3.05) is 13.1 Å². The number of hydrogen-bond donors (Lipinski definition) is 4. The van der Waals surface area contributed by atoms with Crippen LogP contribution in [0, 0.1) is 50.7 Å². The molecule has 4 saturated carbocycles. The molecule has 2 amide bonds. The Morgan fingerprint density at radius 1 is 0.772 bits per heavy atom. The molecule has 0 aromatic rings. The second kappa shape index (κ2) is 19.6. The fourth-order valence-corrected chi connectivity index (χ4v) is 13.3. The van der Waals surface area contributed by atoms with Gasteiger partial charge in [-0.15, -0.1) is 0 Å². The SMILES string of the molecule is CC/C=C\C/C=C\C/C=C\C/C=C\C/C=C\CCCC(=O)NCCNC(=O)[C@]12CCC[C@H](C)[C@H]1C1=CC[C@@H]3[C@@]4(C)C[C@@H](O)[C@H](O)C(C)(C)[C@@H]4CC[C@@]3(C)[C@]1(C)CC2. The van der Waals surface area contributed by atoms with Crippen molar-refractivity contribution < 1.29 is 19.8 Å². The van der Waals surface area contributed by atoms with Gasteiger partial charge in [-0.3, -0.25) is 9.59 Å². The van der Waals surface area contributed by atoms with Gasteiger partial charge in [-0.25, -0.2) is 0 Å². The van der Waals surface area contributed by atoms with Crippen LogP contribution in [0.3, 0.4) is 0 Å². The molecule has 0 aliphatic heterocycles. The number of aliphatic hydroxyl groups is 2. The molecule has 0 spiro atoms. The maximum atomic E-state index is 14.4. The van der Waals surface area contributed by atoms with Crippen molar-refractivity contribution in [1.82, 2.24) is 10.6 Å². The largest absolute Gasteiger partial charge is 0.390 e. The summed E-state index contributed by atoms with van der Waals surface area (Å²) in [5, 5.41) is 28.6. The zero-order valence-electron chi connectivity index (χ0n) is 37.0. The van der Waals surface area contributed by atoms with Crippen molar-refractivity contribution in [3.05, 3.63) is 72.4 Å². The minimum Gasteiger partial charge on any atom is -0.390 e. The Labute approximate surface area is 347 Å². The van der Waals surface area contributed by atoms with Crippen LogP contribution in [0.4, 0.5) is 0 Å². The number of hydrogen-bond acceptors (Lipinski definition) is 4. The lowest BCUT2D eigenvalue weighted by Gasteiger charge is -2.71. The van der Waals surface area contributed by atoms with Gasteiger partial charge in [-0.05, 0) is 135 Å². The molecule has 0 bridgehead atoms. The minimum absolute atomic E-state index is 0.00425. The Kier molecular flexibility index (Phi) is 15.6. The molecule has 5 rings (SSSR count). The summed E-state index contributed by atoms with van der Waals surface area (Å²) in [6.07, 6.45) is 39.3. The van der Waals surface area contributed by atoms with E-state index in [0.717, 1.165) is 96.3 Å². The highest BCUT2D eigenvalue weighted by atomic mass is 16.3. The zero-order valence-corrected chi connectivity index (χ0v) is 37.0. The number of fused-ring (bicyclic) bond motifs is 7. The van der Waals surface area contributed by atoms with Crippen molar-refractivity contribution in [3.8, 4) is 0 Å². The van der Waals surface area contributed by atoms with Gasteiger partial charge in [0.25, 0.3) is 0 Å². The minimum atomic E-state index is -0.692. The first-order valence-electron chi connectivity index (χ1n) is 23.1. The van der Waals surface area contributed by atoms with Gasteiger partial charge in [0.1, 0.15) is 0 Å². The molecule has 0 aromatic heterocycles. The molecule has 4 fully saturated rings. The molecule has 318 valence electrons. The van der Waals surface area contributed by atoms with Crippen LogP contribution in [0.2, 0.25) is 0 Å². The lowest BCUT2D eigenvalue weighted by molar-refractivity contribution is -0.231. The fraction of sp³-hybridized carbons (Fsp3) is 0.725. The van der Waals surface area contributed by atoms with Crippen LogP contribution in [0.15, 0.2) is 72.4 Å². The van der Waals surface area contributed by atoms with Crippen molar-refractivity contribution >= 4 is 11.8 Å². The van der Waals surface area contributed by atoms with Gasteiger partial charge in [0.2, 0.25) is 11.8 Å². The first kappa shape index (κ1) is 45.4. The lowest BCUT2D eigenvalue weighted by Crippen LogP contribution is -2.67. The van der Waals surface area contributed by atoms with E-state index in [0.29, 0.717) is 43.7 Å². The van der Waals surface area contributed by atoms with Crippen molar-refractivity contribution in [2.24, 2.45) is 50.7 Å². The topological polar surface area (TPSA) is 98.7 Å². The van der Waals surface area contributed by atoms with E-state index < -0.39 is 17.6 Å². The second-order valence-corrected chi connectivity index (χ2v) is 20.0. The van der Waals surface area contributed by atoms with Crippen LogP contribution in [-0.4, -0.2) is 47.3 Å². The van der Waals surface area contributed by atoms with Crippen LogP contribution in [-0.2, 0) is 9.59 Å². The third-order valence-electron chi connectivity index (χ3n) is 16.4. The van der Waals surface area contributed by atoms with E-state index in [4.69, 9.17) is 0 Å². The average molecular weight is 785 g/mol. The van der Waals surface area contributed by atoms with E-state index in [1.165, 1.54) is 5.57 Å². The normalized spacial score (nSPS) is 37.6. The number of carbonyl (C=O) groups is 2. The molecule has 5 aliphatic rings. The maximum absolute atomic E-state index is 14.4. The van der Waals surface area contributed by atoms with Gasteiger partial charge < -0.3 is 20.8 Å². The van der Waals surface area contributed by atoms with E-state index in [2.05, 4.69) is 126 Å². The smallest absolute Gasteiger partial charge is 0.226 e. The number of nitrogens with one attached hydrogen (secondary N) is 2. The fourth-order valence-electron chi connectivity index (χ4n) is 13.3. The van der Waals surface area contributed by atoms with Gasteiger partial charge >= 0.3 is 0 Å². The third kappa shape index (κ3) is 9.38. The third-order valence-corrected chi connectivity index (χ3v) is 16.4. The maximum Gasteiger partial charge on any atom is 0.226 e. The standard InChI is InChI=1S/C51H80N2O4/c1-8-9-10-11-12-13-14-15-16-17-18-19-20-21-22-23-24-27-43(55)52-35-36-53-46(57)51-31-25-26-38(2)44(51)39-28-29-42-48(5)37-40(54)45(56)47(3,4)41(48)30-32-50(42,7)49(39,6)33-34-51/h9-10,12-13,15-16,18-19,21-22,28,38,40-42,44-45,54,56H,8,11,14,17,20,23-27,29-37H2,1-7H3,(H,52,55)(H,53,57)/b10-9-,13-12-,16-15-,19-18-,22-21-/t38-,40+,41-,42+,44-,45-,48-,49+,50+,51-/m0/s1. The number of amides is 2. The number of rotatable bonds is 17. The van der Waals surface area contributed by atoms with Gasteiger partial charge in [-0.2, -0.15) is 0 Å². The summed E-state index contributed by atoms with van der Waals surface area (Å²) in [5.41, 5.74) is 0.824. The van der Waals surface area contributed by atoms with Crippen molar-refractivity contribution in [2.45, 2.75) is 170 Å². The number of allylic oxidation sites excluding steroid dienone is 12. The van der Waals surface area contributed by atoms with Crippen LogP contribution in [0.1, 0.15) is 158 Å². The Morgan fingerprint density at radius 3 is 2.04 bits per heavy atom. The molecule has 6 heteroatoms. The monoisotopic (exact) mass is 785 g/mol. The summed E-state index contributed by atoms with van der Waals surface area (Å²) in [6.45, 7) is 17.3. The second-order valence-electron chi connectivity index (χ2n) is 20.0. The quantitative estimate of drug-likeness (QED) is 0.0872. The lowest BCUT2D eigenvalue weighted by atomic mass is 9.33. The zero-order chi connectivity index (χ0) is 41.3. The number of carbonyl (C=O) groups excluding carboxylic acids is 2. The molecule has 10 atom stereocenters. The van der Waals surface area contributed by atoms with Gasteiger partial charge in [0.05, 0.1) is 17.6 Å². The highest BCUT2D eigenvalue weighted by molar-refractivity contribution is 5.84. The Hall–Kier alpha value is -2.70. The Morgan fingerprint density at radius 2 is 1.39 bits per heavy atom. The number of unbranched alkanes of at least 4 members (excludes halogenated alkanes) is 1. The van der Waals surface area contributed by atoms with Crippen LogP contribution in [0.5, 0.6) is 0 Å². The first-order chi connectivity index (χ1) is 27.2. The summed E-state index contributed by atoms with van der Waals surface area (Å²) in [5.74, 6) is 1.70. The molecule has 4 N–H and O–H groups in total. The van der Waals surface area contributed by atoms with Crippen molar-refractivity contribution in [1.29, 1.82) is 0 Å². The summed E-state index contributed by atoms with van der Waals surface area (Å²) >= 11 is 0. The molecular weight excluding hydrogens is 705 g/mol. The number of aliphatic hydroxyl groups excluding tert-OH is 2. The van der Waals surface area contributed by atoms with E-state index >= 15 is 0 Å². The molecule has 0 heterocycles. The van der Waals surface area contributed by atoms with Gasteiger partial charge in [-0.1, -0.05) is 134 Å². The average Bonchev–Trinajstić information content (AvgIpc) is 3.17. The van der Waals surface area contributed by atoms with Crippen LogP contribution >= 0.6 is 0 Å². The molecule has 6 nitrogen and oxygen atoms in total. The summed E-state index contributed by atoms with van der Waals surface area (Å²) < 4.78 is 0. The highest BCUT2D eigenvalue weighted by Crippen LogP contribution is 2.75. The van der Waals surface area contributed by atoms with Gasteiger partial charge in [0, 0.05) is 19.5 Å². The molecule has 0 radical (unpaired) electrons. The van der Waals surface area contributed by atoms with E-state index in [9.17, 15) is 19.8 Å². The van der Waals surface area contributed by atoms with E-state index in [-0.39, 0.29) is 39.4 Å². The Bertz CT molecular complexity index is 1550. The van der Waals surface area contributed by atoms with E-state index in [1.807, 2.05) is 0 Å². The summed E-state index contributed by atoms with van der Waals surface area (Å²) in [7, 11) is 0.